The Hall–Kier alpha value is -2.34. The van der Waals surface area contributed by atoms with Gasteiger partial charge in [0.25, 0.3) is 0 Å². The van der Waals surface area contributed by atoms with Crippen LogP contribution < -0.4 is 11.4 Å². The van der Waals surface area contributed by atoms with E-state index in [-0.39, 0.29) is 31.2 Å². The van der Waals surface area contributed by atoms with Gasteiger partial charge in [0.15, 0.2) is 12.3 Å². The maximum atomic E-state index is 12.4. The molecule has 29 heavy (non-hydrogen) atoms. The quantitative estimate of drug-likeness (QED) is 0.296. The fourth-order valence-corrected chi connectivity index (χ4v) is 2.86. The number of aromatic nitrogens is 2. The van der Waals surface area contributed by atoms with Crippen molar-refractivity contribution in [3.05, 3.63) is 22.2 Å². The Morgan fingerprint density at radius 2 is 2.07 bits per heavy atom. The maximum Gasteiger partial charge on any atom is 0.351 e. The van der Waals surface area contributed by atoms with Crippen LogP contribution in [0, 0.1) is 6.92 Å². The van der Waals surface area contributed by atoms with Gasteiger partial charge in [0.2, 0.25) is 0 Å². The summed E-state index contributed by atoms with van der Waals surface area (Å²) in [6, 6.07) is 0. The van der Waals surface area contributed by atoms with E-state index in [1.807, 2.05) is 0 Å². The zero-order valence-corrected chi connectivity index (χ0v) is 16.7. The lowest BCUT2D eigenvalue weighted by molar-refractivity contribution is -0.168. The standard InChI is InChI=1S/C18H27N3O8/c1-4-26-9-27-15-14(29-13(24)6-5-11(3)23)12(8-22)28-17(15)21-7-10(2)16(19)20-18(21)25/h7,12,14-15,17,22H,4-6,8-9H2,1-3H3,(H2,19,20,25)/t12-,14-,15-,17-/m1/s1. The van der Waals surface area contributed by atoms with Crippen LogP contribution in [0.2, 0.25) is 0 Å². The number of ether oxygens (including phenoxy) is 4. The van der Waals surface area contributed by atoms with Crippen molar-refractivity contribution in [2.24, 2.45) is 0 Å². The van der Waals surface area contributed by atoms with Gasteiger partial charge in [0.05, 0.1) is 13.0 Å². The Balaban J connectivity index is 2.30. The lowest BCUT2D eigenvalue weighted by Gasteiger charge is -2.25. The number of carbonyl (C=O) groups excluding carboxylic acids is 2. The molecular weight excluding hydrogens is 386 g/mol. The summed E-state index contributed by atoms with van der Waals surface area (Å²) in [6.45, 7) is 4.58. The van der Waals surface area contributed by atoms with E-state index in [2.05, 4.69) is 4.98 Å². The normalized spacial score (nSPS) is 23.9. The van der Waals surface area contributed by atoms with Gasteiger partial charge in [-0.2, -0.15) is 4.98 Å². The van der Waals surface area contributed by atoms with E-state index < -0.39 is 42.8 Å². The first-order chi connectivity index (χ1) is 13.8. The number of ketones is 1. The lowest BCUT2D eigenvalue weighted by Crippen LogP contribution is -2.41. The average Bonchev–Trinajstić information content (AvgIpc) is 3.00. The monoisotopic (exact) mass is 413 g/mol. The summed E-state index contributed by atoms with van der Waals surface area (Å²) in [5.41, 5.74) is 5.54. The molecule has 1 aromatic heterocycles. The molecule has 1 aliphatic heterocycles. The summed E-state index contributed by atoms with van der Waals surface area (Å²) in [7, 11) is 0. The third-order valence-corrected chi connectivity index (χ3v) is 4.41. The van der Waals surface area contributed by atoms with E-state index in [1.54, 1.807) is 13.8 Å². The molecule has 0 saturated carbocycles. The first-order valence-electron chi connectivity index (χ1n) is 9.28. The first kappa shape index (κ1) is 22.9. The fourth-order valence-electron chi connectivity index (χ4n) is 2.86. The summed E-state index contributed by atoms with van der Waals surface area (Å²) < 4.78 is 23.3. The first-order valence-corrected chi connectivity index (χ1v) is 9.28. The van der Waals surface area contributed by atoms with Crippen molar-refractivity contribution >= 4 is 17.6 Å². The molecule has 0 amide bonds. The van der Waals surface area contributed by atoms with E-state index >= 15 is 0 Å². The van der Waals surface area contributed by atoms with E-state index in [0.717, 1.165) is 0 Å². The highest BCUT2D eigenvalue weighted by Gasteiger charge is 2.49. The number of nitrogens with zero attached hydrogens (tertiary/aromatic N) is 2. The topological polar surface area (TPSA) is 152 Å². The summed E-state index contributed by atoms with van der Waals surface area (Å²) in [5, 5.41) is 9.71. The zero-order valence-electron chi connectivity index (χ0n) is 16.7. The lowest BCUT2D eigenvalue weighted by atomic mass is 10.1. The second kappa shape index (κ2) is 10.4. The van der Waals surface area contributed by atoms with E-state index in [1.165, 1.54) is 17.7 Å². The van der Waals surface area contributed by atoms with Crippen molar-refractivity contribution < 1.29 is 33.6 Å². The third-order valence-electron chi connectivity index (χ3n) is 4.41. The van der Waals surface area contributed by atoms with Crippen molar-refractivity contribution in [2.75, 3.05) is 25.7 Å². The summed E-state index contributed by atoms with van der Waals surface area (Å²) >= 11 is 0. The van der Waals surface area contributed by atoms with Crippen LogP contribution in [0.25, 0.3) is 0 Å². The molecule has 0 bridgehead atoms. The third kappa shape index (κ3) is 5.82. The van der Waals surface area contributed by atoms with Gasteiger partial charge in [-0.15, -0.1) is 0 Å². The molecule has 1 saturated heterocycles. The Kier molecular flexibility index (Phi) is 8.26. The minimum atomic E-state index is -1.03. The van der Waals surface area contributed by atoms with Crippen LogP contribution in [-0.2, 0) is 28.5 Å². The van der Waals surface area contributed by atoms with Gasteiger partial charge in [-0.1, -0.05) is 0 Å². The Bertz CT molecular complexity index is 781. The minimum absolute atomic E-state index is 0.0324. The SMILES string of the molecule is CCOCO[C@@H]1[C@H](OC(=O)CCC(C)=O)[C@@H](CO)O[C@H]1n1cc(C)c(N)nc1=O. The van der Waals surface area contributed by atoms with E-state index in [9.17, 15) is 19.5 Å². The van der Waals surface area contributed by atoms with Crippen LogP contribution in [-0.4, -0.2) is 64.7 Å². The molecule has 11 heteroatoms. The molecule has 3 N–H and O–H groups in total. The van der Waals surface area contributed by atoms with Crippen LogP contribution in [0.5, 0.6) is 0 Å². The fraction of sp³-hybridized carbons (Fsp3) is 0.667. The summed E-state index contributed by atoms with van der Waals surface area (Å²) in [4.78, 5) is 39.4. The average molecular weight is 413 g/mol. The molecule has 1 aromatic rings. The zero-order chi connectivity index (χ0) is 21.6. The molecule has 1 aliphatic rings. The van der Waals surface area contributed by atoms with Crippen LogP contribution in [0.15, 0.2) is 11.0 Å². The molecular formula is C18H27N3O8. The van der Waals surface area contributed by atoms with Gasteiger partial charge in [-0.05, 0) is 20.8 Å². The maximum absolute atomic E-state index is 12.4. The van der Waals surface area contributed by atoms with Crippen LogP contribution in [0.1, 0.15) is 38.5 Å². The number of aryl methyl sites for hydroxylation is 1. The minimum Gasteiger partial charge on any atom is -0.456 e. The second-order valence-electron chi connectivity index (χ2n) is 6.65. The van der Waals surface area contributed by atoms with Gasteiger partial charge in [-0.3, -0.25) is 9.36 Å². The molecule has 0 spiro atoms. The number of aliphatic hydroxyl groups excluding tert-OH is 1. The molecule has 0 unspecified atom stereocenters. The number of hydrogen-bond donors (Lipinski definition) is 2. The van der Waals surface area contributed by atoms with Crippen LogP contribution in [0.3, 0.4) is 0 Å². The number of nitrogen functional groups attached to an aromatic ring is 1. The highest BCUT2D eigenvalue weighted by Crippen LogP contribution is 2.33. The van der Waals surface area contributed by atoms with Crippen molar-refractivity contribution in [3.63, 3.8) is 0 Å². The van der Waals surface area contributed by atoms with Crippen molar-refractivity contribution in [2.45, 2.75) is 58.2 Å². The number of anilines is 1. The number of Topliss-reactive ketones (excluding diaryl/α,β-unsaturated/α-hetero) is 1. The molecule has 4 atom stereocenters. The molecule has 0 aliphatic carbocycles. The Labute approximate surface area is 167 Å². The van der Waals surface area contributed by atoms with Gasteiger partial charge in [0, 0.05) is 24.8 Å². The second-order valence-corrected chi connectivity index (χ2v) is 6.65. The number of rotatable bonds is 10. The smallest absolute Gasteiger partial charge is 0.351 e. The number of carbonyl (C=O) groups is 2. The molecule has 0 aromatic carbocycles. The van der Waals surface area contributed by atoms with E-state index in [0.29, 0.717) is 12.2 Å². The summed E-state index contributed by atoms with van der Waals surface area (Å²) in [5.74, 6) is -0.709. The van der Waals surface area contributed by atoms with Gasteiger partial charge in [-0.25, -0.2) is 4.79 Å². The van der Waals surface area contributed by atoms with Gasteiger partial charge < -0.3 is 34.6 Å². The predicted octanol–water partition coefficient (Wildman–Crippen LogP) is -0.316. The molecule has 1 fully saturated rings. The summed E-state index contributed by atoms with van der Waals surface area (Å²) in [6.07, 6.45) is -2.58. The van der Waals surface area contributed by atoms with E-state index in [4.69, 9.17) is 24.7 Å². The number of nitrogens with two attached hydrogens (primary N) is 1. The van der Waals surface area contributed by atoms with Crippen molar-refractivity contribution in [1.82, 2.24) is 9.55 Å². The molecule has 162 valence electrons. The van der Waals surface area contributed by atoms with Gasteiger partial charge in [0.1, 0.15) is 30.6 Å². The van der Waals surface area contributed by atoms with Crippen molar-refractivity contribution in [3.8, 4) is 0 Å². The van der Waals surface area contributed by atoms with Crippen LogP contribution in [0.4, 0.5) is 5.82 Å². The molecule has 0 radical (unpaired) electrons. The number of aliphatic hydroxyl groups is 1. The Morgan fingerprint density at radius 1 is 1.34 bits per heavy atom. The number of hydrogen-bond acceptors (Lipinski definition) is 10. The molecule has 2 heterocycles. The largest absolute Gasteiger partial charge is 0.456 e. The predicted molar refractivity (Wildman–Crippen MR) is 99.8 cm³/mol. The molecule has 11 nitrogen and oxygen atoms in total. The highest BCUT2D eigenvalue weighted by molar-refractivity contribution is 5.81. The highest BCUT2D eigenvalue weighted by atomic mass is 16.7. The Morgan fingerprint density at radius 3 is 2.69 bits per heavy atom. The van der Waals surface area contributed by atoms with Crippen LogP contribution >= 0.6 is 0 Å². The number of esters is 1. The van der Waals surface area contributed by atoms with Gasteiger partial charge >= 0.3 is 11.7 Å². The molecule has 2 rings (SSSR count). The van der Waals surface area contributed by atoms with Crippen molar-refractivity contribution in [1.29, 1.82) is 0 Å².